The van der Waals surface area contributed by atoms with E-state index < -0.39 is 0 Å². The average molecular weight is 438 g/mol. The van der Waals surface area contributed by atoms with Crippen LogP contribution in [-0.2, 0) is 11.2 Å². The molecule has 0 saturated heterocycles. The van der Waals surface area contributed by atoms with Crippen molar-refractivity contribution in [2.24, 2.45) is 0 Å². The monoisotopic (exact) mass is 437 g/mol. The van der Waals surface area contributed by atoms with Crippen LogP contribution in [0, 0.1) is 0 Å². The average Bonchev–Trinajstić information content (AvgIpc) is 2.76. The molecule has 0 N–H and O–H groups in total. The fraction of sp³-hybridized carbons (Fsp3) is 0.357. The predicted molar refractivity (Wildman–Crippen MR) is 143 cm³/mol. The van der Waals surface area contributed by atoms with Gasteiger partial charge in [-0.15, -0.1) is 0 Å². The molecule has 0 aliphatic heterocycles. The summed E-state index contributed by atoms with van der Waals surface area (Å²) < 4.78 is 4.25. The van der Waals surface area contributed by atoms with E-state index in [4.69, 9.17) is 0 Å². The van der Waals surface area contributed by atoms with Gasteiger partial charge < -0.3 is 19.4 Å². The Hall–Kier alpha value is -2.82. The molecule has 0 radical (unpaired) electrons. The first kappa shape index (κ1) is 29.2. The van der Waals surface area contributed by atoms with Crippen molar-refractivity contribution in [3.8, 4) is 0 Å². The number of rotatable bonds is 4. The van der Waals surface area contributed by atoms with Crippen LogP contribution in [-0.4, -0.2) is 68.5 Å². The molecule has 32 heavy (non-hydrogen) atoms. The van der Waals surface area contributed by atoms with Gasteiger partial charge in [-0.1, -0.05) is 60.7 Å². The highest BCUT2D eigenvalue weighted by molar-refractivity contribution is 5.48. The van der Waals surface area contributed by atoms with Crippen molar-refractivity contribution in [3.05, 3.63) is 96.1 Å². The van der Waals surface area contributed by atoms with Gasteiger partial charge in [-0.05, 0) is 63.0 Å². The van der Waals surface area contributed by atoms with Crippen LogP contribution in [0.2, 0.25) is 0 Å². The van der Waals surface area contributed by atoms with Crippen molar-refractivity contribution in [2.45, 2.75) is 6.42 Å². The van der Waals surface area contributed by atoms with E-state index in [1.807, 2.05) is 62.4 Å². The van der Waals surface area contributed by atoms with Crippen LogP contribution in [0.15, 0.2) is 84.9 Å². The standard InChI is InChI=1S/C17H22N2.C6H6.C3H9N.C2H6O/c1-18(2)16-9-5-14(6-10-16)13-15-7-11-17(12-8-15)19(3)4;1-2-4-6-5-3-1;1-4(2)3;1-3-2/h5-12H,13H2,1-4H3;1-6H;1-3H3;1-2H3. The van der Waals surface area contributed by atoms with Crippen molar-refractivity contribution in [1.29, 1.82) is 0 Å². The molecule has 0 unspecified atom stereocenters. The van der Waals surface area contributed by atoms with Crippen LogP contribution in [0.25, 0.3) is 0 Å². The maximum absolute atomic E-state index is 4.25. The van der Waals surface area contributed by atoms with Crippen molar-refractivity contribution in [2.75, 3.05) is 73.4 Å². The Balaban J connectivity index is 0.000000603. The van der Waals surface area contributed by atoms with Crippen LogP contribution < -0.4 is 9.80 Å². The second-order valence-corrected chi connectivity index (χ2v) is 8.20. The highest BCUT2D eigenvalue weighted by atomic mass is 16.4. The van der Waals surface area contributed by atoms with Gasteiger partial charge in [-0.2, -0.15) is 0 Å². The molecule has 0 aliphatic rings. The second-order valence-electron chi connectivity index (χ2n) is 8.20. The lowest BCUT2D eigenvalue weighted by atomic mass is 10.0. The SMILES string of the molecule is CN(C)C.CN(C)c1ccc(Cc2ccc(N(C)C)cc2)cc1.COC.c1ccccc1. The molecule has 0 fully saturated rings. The molecule has 0 atom stereocenters. The summed E-state index contributed by atoms with van der Waals surface area (Å²) in [5, 5.41) is 0. The summed E-state index contributed by atoms with van der Waals surface area (Å²) in [6.45, 7) is 0. The van der Waals surface area contributed by atoms with E-state index in [0.717, 1.165) is 6.42 Å². The molecule has 0 aromatic heterocycles. The maximum Gasteiger partial charge on any atom is 0.0361 e. The van der Waals surface area contributed by atoms with Crippen LogP contribution in [0.3, 0.4) is 0 Å². The Morgan fingerprint density at radius 3 is 0.906 bits per heavy atom. The first-order valence-electron chi connectivity index (χ1n) is 10.7. The Kier molecular flexibility index (Phi) is 16.2. The zero-order valence-electron chi connectivity index (χ0n) is 21.5. The van der Waals surface area contributed by atoms with Gasteiger partial charge in [0, 0.05) is 53.8 Å². The molecule has 176 valence electrons. The smallest absolute Gasteiger partial charge is 0.0361 e. The highest BCUT2D eigenvalue weighted by Crippen LogP contribution is 2.17. The van der Waals surface area contributed by atoms with Gasteiger partial charge in [0.1, 0.15) is 0 Å². The fourth-order valence-electron chi connectivity index (χ4n) is 2.44. The topological polar surface area (TPSA) is 19.0 Å². The first-order valence-corrected chi connectivity index (χ1v) is 10.7. The maximum atomic E-state index is 4.25. The molecule has 0 amide bonds. The molecule has 4 nitrogen and oxygen atoms in total. The van der Waals surface area contributed by atoms with Crippen LogP contribution >= 0.6 is 0 Å². The highest BCUT2D eigenvalue weighted by Gasteiger charge is 2.00. The molecular formula is C28H43N3O. The van der Waals surface area contributed by atoms with E-state index in [-0.39, 0.29) is 0 Å². The molecule has 0 saturated carbocycles. The van der Waals surface area contributed by atoms with E-state index in [1.165, 1.54) is 22.5 Å². The van der Waals surface area contributed by atoms with E-state index >= 15 is 0 Å². The predicted octanol–water partition coefficient (Wildman–Crippen LogP) is 5.54. The third-order valence-electron chi connectivity index (χ3n) is 3.98. The van der Waals surface area contributed by atoms with Gasteiger partial charge in [0.15, 0.2) is 0 Å². The molecular weight excluding hydrogens is 394 g/mol. The number of benzene rings is 3. The number of ether oxygens (including phenoxy) is 1. The molecule has 3 aromatic carbocycles. The van der Waals surface area contributed by atoms with Crippen LogP contribution in [0.1, 0.15) is 11.1 Å². The number of nitrogens with zero attached hydrogens (tertiary/aromatic N) is 3. The van der Waals surface area contributed by atoms with Gasteiger partial charge in [-0.3, -0.25) is 0 Å². The molecule has 3 aromatic rings. The van der Waals surface area contributed by atoms with Crippen molar-refractivity contribution in [1.82, 2.24) is 4.90 Å². The molecule has 3 rings (SSSR count). The summed E-state index contributed by atoms with van der Waals surface area (Å²) >= 11 is 0. The Morgan fingerprint density at radius 1 is 0.500 bits per heavy atom. The Morgan fingerprint density at radius 2 is 0.719 bits per heavy atom. The zero-order valence-corrected chi connectivity index (χ0v) is 21.5. The largest absolute Gasteiger partial charge is 0.388 e. The lowest BCUT2D eigenvalue weighted by Crippen LogP contribution is -2.08. The number of methoxy groups -OCH3 is 1. The van der Waals surface area contributed by atoms with E-state index in [1.54, 1.807) is 14.2 Å². The number of hydrogen-bond donors (Lipinski definition) is 0. The zero-order chi connectivity index (χ0) is 24.4. The molecule has 4 heteroatoms. The Bertz CT molecular complexity index is 704. The lowest BCUT2D eigenvalue weighted by molar-refractivity contribution is 0.277. The van der Waals surface area contributed by atoms with E-state index in [0.29, 0.717) is 0 Å². The van der Waals surface area contributed by atoms with E-state index in [2.05, 4.69) is 91.3 Å². The number of hydrogen-bond acceptors (Lipinski definition) is 4. The van der Waals surface area contributed by atoms with Gasteiger partial charge in [0.05, 0.1) is 0 Å². The normalized spacial score (nSPS) is 9.31. The molecule has 0 spiro atoms. The van der Waals surface area contributed by atoms with Crippen LogP contribution in [0.5, 0.6) is 0 Å². The fourth-order valence-corrected chi connectivity index (χ4v) is 2.44. The minimum atomic E-state index is 0.988. The minimum absolute atomic E-state index is 0.988. The van der Waals surface area contributed by atoms with Crippen molar-refractivity contribution < 1.29 is 4.74 Å². The molecule has 0 heterocycles. The third-order valence-corrected chi connectivity index (χ3v) is 3.98. The summed E-state index contributed by atoms with van der Waals surface area (Å²) in [5.74, 6) is 0. The third kappa shape index (κ3) is 15.1. The lowest BCUT2D eigenvalue weighted by Gasteiger charge is -2.14. The number of anilines is 2. The van der Waals surface area contributed by atoms with Gasteiger partial charge >= 0.3 is 0 Å². The first-order chi connectivity index (χ1) is 15.2. The van der Waals surface area contributed by atoms with Gasteiger partial charge in [-0.25, -0.2) is 0 Å². The van der Waals surface area contributed by atoms with Crippen molar-refractivity contribution in [3.63, 3.8) is 0 Å². The summed E-state index contributed by atoms with van der Waals surface area (Å²) in [5.41, 5.74) is 5.19. The summed E-state index contributed by atoms with van der Waals surface area (Å²) in [4.78, 5) is 6.24. The summed E-state index contributed by atoms with van der Waals surface area (Å²) in [6.07, 6.45) is 0.988. The van der Waals surface area contributed by atoms with Crippen LogP contribution in [0.4, 0.5) is 11.4 Å². The second kappa shape index (κ2) is 17.8. The van der Waals surface area contributed by atoms with Gasteiger partial charge in [0.25, 0.3) is 0 Å². The quantitative estimate of drug-likeness (QED) is 0.534. The van der Waals surface area contributed by atoms with E-state index in [9.17, 15) is 0 Å². The van der Waals surface area contributed by atoms with Crippen molar-refractivity contribution >= 4 is 11.4 Å². The molecule has 0 bridgehead atoms. The van der Waals surface area contributed by atoms with Gasteiger partial charge in [0.2, 0.25) is 0 Å². The minimum Gasteiger partial charge on any atom is -0.388 e. The molecule has 0 aliphatic carbocycles. The summed E-state index contributed by atoms with van der Waals surface area (Å²) in [6, 6.07) is 29.5. The Labute approximate surface area is 197 Å². The summed E-state index contributed by atoms with van der Waals surface area (Å²) in [7, 11) is 17.5.